The monoisotopic (exact) mass is 280 g/mol. The summed E-state index contributed by atoms with van der Waals surface area (Å²) in [5.41, 5.74) is 1.49. The molecule has 0 spiro atoms. The largest absolute Gasteiger partial charge is 0.448 e. The minimum atomic E-state index is -0.459. The van der Waals surface area contributed by atoms with Crippen LogP contribution in [0.2, 0.25) is 0 Å². The van der Waals surface area contributed by atoms with Gasteiger partial charge in [0.15, 0.2) is 5.75 Å². The molecule has 0 radical (unpaired) electrons. The molecule has 2 aromatic carbocycles. The van der Waals surface area contributed by atoms with Gasteiger partial charge in [0.05, 0.1) is 4.92 Å². The third-order valence-electron chi connectivity index (χ3n) is 3.10. The highest BCUT2D eigenvalue weighted by Crippen LogP contribution is 2.33. The number of fused-ring (bicyclic) bond motifs is 1. The minimum absolute atomic E-state index is 0.0674. The van der Waals surface area contributed by atoms with Crippen molar-refractivity contribution in [1.82, 2.24) is 4.98 Å². The topological polar surface area (TPSA) is 65.3 Å². The average Bonchev–Trinajstić information content (AvgIpc) is 2.48. The van der Waals surface area contributed by atoms with Crippen molar-refractivity contribution in [3.05, 3.63) is 70.4 Å². The van der Waals surface area contributed by atoms with Gasteiger partial charge in [-0.3, -0.25) is 10.1 Å². The Hall–Kier alpha value is -2.95. The first-order valence-corrected chi connectivity index (χ1v) is 6.43. The molecule has 0 atom stereocenters. The number of nitro groups is 1. The first-order chi connectivity index (χ1) is 10.1. The lowest BCUT2D eigenvalue weighted by atomic mass is 10.2. The van der Waals surface area contributed by atoms with Crippen molar-refractivity contribution in [1.29, 1.82) is 0 Å². The quantitative estimate of drug-likeness (QED) is 0.531. The van der Waals surface area contributed by atoms with E-state index in [0.29, 0.717) is 11.3 Å². The number of nitro benzene ring substituents is 1. The summed E-state index contributed by atoms with van der Waals surface area (Å²) in [5.74, 6) is 0.712. The average molecular weight is 280 g/mol. The summed E-state index contributed by atoms with van der Waals surface area (Å²) in [4.78, 5) is 15.0. The molecule has 1 aromatic heterocycles. The number of aromatic nitrogens is 1. The van der Waals surface area contributed by atoms with E-state index in [1.807, 2.05) is 31.2 Å². The zero-order chi connectivity index (χ0) is 14.8. The summed E-state index contributed by atoms with van der Waals surface area (Å²) >= 11 is 0. The molecule has 21 heavy (non-hydrogen) atoms. The molecule has 0 N–H and O–H groups in total. The number of ether oxygens (including phenoxy) is 1. The molecule has 0 saturated carbocycles. The number of rotatable bonds is 3. The van der Waals surface area contributed by atoms with E-state index < -0.39 is 4.92 Å². The van der Waals surface area contributed by atoms with Gasteiger partial charge in [-0.05, 0) is 25.1 Å². The van der Waals surface area contributed by atoms with Crippen LogP contribution in [0, 0.1) is 17.0 Å². The van der Waals surface area contributed by atoms with Crippen molar-refractivity contribution in [2.24, 2.45) is 0 Å². The predicted molar refractivity (Wildman–Crippen MR) is 79.7 cm³/mol. The van der Waals surface area contributed by atoms with Gasteiger partial charge < -0.3 is 4.74 Å². The van der Waals surface area contributed by atoms with Crippen LogP contribution >= 0.6 is 0 Å². The highest BCUT2D eigenvalue weighted by molar-refractivity contribution is 5.85. The van der Waals surface area contributed by atoms with Crippen molar-refractivity contribution in [2.45, 2.75) is 6.92 Å². The molecule has 0 aliphatic heterocycles. The van der Waals surface area contributed by atoms with Crippen molar-refractivity contribution >= 4 is 16.6 Å². The molecule has 0 fully saturated rings. The van der Waals surface area contributed by atoms with E-state index in [0.717, 1.165) is 11.1 Å². The predicted octanol–water partition coefficient (Wildman–Crippen LogP) is 4.24. The minimum Gasteiger partial charge on any atom is -0.448 e. The number of nitrogens with zero attached hydrogens (tertiary/aromatic N) is 2. The summed E-state index contributed by atoms with van der Waals surface area (Å²) in [6, 6.07) is 15.7. The Morgan fingerprint density at radius 1 is 1.00 bits per heavy atom. The lowest BCUT2D eigenvalue weighted by Crippen LogP contribution is -1.94. The summed E-state index contributed by atoms with van der Waals surface area (Å²) in [5, 5.41) is 12.0. The van der Waals surface area contributed by atoms with Crippen molar-refractivity contribution in [3.63, 3.8) is 0 Å². The van der Waals surface area contributed by atoms with Crippen LogP contribution in [0.1, 0.15) is 5.69 Å². The number of para-hydroxylation sites is 3. The van der Waals surface area contributed by atoms with E-state index in [1.54, 1.807) is 24.3 Å². The molecule has 1 heterocycles. The highest BCUT2D eigenvalue weighted by atomic mass is 16.6. The Kier molecular flexibility index (Phi) is 3.23. The molecular formula is C16H12N2O3. The molecule has 5 nitrogen and oxygen atoms in total. The summed E-state index contributed by atoms with van der Waals surface area (Å²) < 4.78 is 5.73. The molecule has 104 valence electrons. The molecule has 0 aliphatic carbocycles. The number of aryl methyl sites for hydroxylation is 1. The van der Waals surface area contributed by atoms with Gasteiger partial charge in [-0.2, -0.15) is 0 Å². The second-order valence-electron chi connectivity index (χ2n) is 4.61. The molecule has 0 bridgehead atoms. The summed E-state index contributed by atoms with van der Waals surface area (Å²) in [6.07, 6.45) is 0. The van der Waals surface area contributed by atoms with Crippen LogP contribution in [0.5, 0.6) is 11.5 Å². The van der Waals surface area contributed by atoms with E-state index >= 15 is 0 Å². The smallest absolute Gasteiger partial charge is 0.311 e. The fourth-order valence-electron chi connectivity index (χ4n) is 2.11. The summed E-state index contributed by atoms with van der Waals surface area (Å²) in [7, 11) is 0. The van der Waals surface area contributed by atoms with E-state index in [4.69, 9.17) is 4.74 Å². The lowest BCUT2D eigenvalue weighted by Gasteiger charge is -2.09. The van der Waals surface area contributed by atoms with E-state index in [1.165, 1.54) is 6.07 Å². The van der Waals surface area contributed by atoms with Gasteiger partial charge in [-0.25, -0.2) is 4.98 Å². The SMILES string of the molecule is Cc1ccc2cccc(Oc3ccccc3[N+](=O)[O-])c2n1. The standard InChI is InChI=1S/C16H12N2O3/c1-11-9-10-12-5-4-8-15(16(12)17-11)21-14-7-3-2-6-13(14)18(19)20/h2-10H,1H3. The van der Waals surface area contributed by atoms with Crippen LogP contribution in [-0.2, 0) is 0 Å². The zero-order valence-corrected chi connectivity index (χ0v) is 11.3. The van der Waals surface area contributed by atoms with Gasteiger partial charge in [-0.1, -0.05) is 30.3 Å². The normalized spacial score (nSPS) is 10.5. The van der Waals surface area contributed by atoms with Gasteiger partial charge in [-0.15, -0.1) is 0 Å². The Labute approximate surface area is 121 Å². The van der Waals surface area contributed by atoms with Crippen molar-refractivity contribution < 1.29 is 9.66 Å². The third kappa shape index (κ3) is 2.53. The highest BCUT2D eigenvalue weighted by Gasteiger charge is 2.15. The Morgan fingerprint density at radius 3 is 2.57 bits per heavy atom. The van der Waals surface area contributed by atoms with E-state index in [-0.39, 0.29) is 11.4 Å². The third-order valence-corrected chi connectivity index (χ3v) is 3.10. The van der Waals surface area contributed by atoms with Gasteiger partial charge in [0.25, 0.3) is 0 Å². The molecular weight excluding hydrogens is 268 g/mol. The van der Waals surface area contributed by atoms with Crippen molar-refractivity contribution in [2.75, 3.05) is 0 Å². The molecule has 3 rings (SSSR count). The van der Waals surface area contributed by atoms with Crippen LogP contribution in [-0.4, -0.2) is 9.91 Å². The Morgan fingerprint density at radius 2 is 1.76 bits per heavy atom. The maximum atomic E-state index is 11.0. The second kappa shape index (κ2) is 5.20. The fourth-order valence-corrected chi connectivity index (χ4v) is 2.11. The second-order valence-corrected chi connectivity index (χ2v) is 4.61. The van der Waals surface area contributed by atoms with Crippen LogP contribution < -0.4 is 4.74 Å². The Balaban J connectivity index is 2.11. The van der Waals surface area contributed by atoms with Crippen LogP contribution in [0.25, 0.3) is 10.9 Å². The number of hydrogen-bond acceptors (Lipinski definition) is 4. The summed E-state index contributed by atoms with van der Waals surface area (Å²) in [6.45, 7) is 1.89. The molecule has 3 aromatic rings. The lowest BCUT2D eigenvalue weighted by molar-refractivity contribution is -0.385. The zero-order valence-electron chi connectivity index (χ0n) is 11.3. The van der Waals surface area contributed by atoms with E-state index in [9.17, 15) is 10.1 Å². The first-order valence-electron chi connectivity index (χ1n) is 6.43. The van der Waals surface area contributed by atoms with Gasteiger partial charge >= 0.3 is 5.69 Å². The van der Waals surface area contributed by atoms with Crippen molar-refractivity contribution in [3.8, 4) is 11.5 Å². The fraction of sp³-hybridized carbons (Fsp3) is 0.0625. The Bertz CT molecular complexity index is 831. The molecule has 0 unspecified atom stereocenters. The van der Waals surface area contributed by atoms with Crippen LogP contribution in [0.3, 0.4) is 0 Å². The van der Waals surface area contributed by atoms with Gasteiger partial charge in [0, 0.05) is 17.1 Å². The maximum absolute atomic E-state index is 11.0. The molecule has 5 heteroatoms. The van der Waals surface area contributed by atoms with Crippen LogP contribution in [0.15, 0.2) is 54.6 Å². The molecule has 0 aliphatic rings. The van der Waals surface area contributed by atoms with E-state index in [2.05, 4.69) is 4.98 Å². The first kappa shape index (κ1) is 13.1. The number of pyridine rings is 1. The van der Waals surface area contributed by atoms with Crippen LogP contribution in [0.4, 0.5) is 5.69 Å². The molecule has 0 amide bonds. The number of benzene rings is 2. The van der Waals surface area contributed by atoms with Gasteiger partial charge in [0.2, 0.25) is 5.75 Å². The van der Waals surface area contributed by atoms with Gasteiger partial charge in [0.1, 0.15) is 5.52 Å². The maximum Gasteiger partial charge on any atom is 0.311 e. The number of hydrogen-bond donors (Lipinski definition) is 0. The molecule has 0 saturated heterocycles.